The van der Waals surface area contributed by atoms with Crippen molar-refractivity contribution >= 4 is 16.8 Å². The van der Waals surface area contributed by atoms with Gasteiger partial charge in [-0.3, -0.25) is 4.79 Å². The van der Waals surface area contributed by atoms with E-state index in [1.165, 1.54) is 0 Å². The fourth-order valence-corrected chi connectivity index (χ4v) is 2.42. The van der Waals surface area contributed by atoms with Gasteiger partial charge in [0.25, 0.3) is 5.91 Å². The lowest BCUT2D eigenvalue weighted by atomic mass is 10.0. The monoisotopic (exact) mass is 290 g/mol. The minimum atomic E-state index is -1.02. The molecule has 0 spiro atoms. The number of aliphatic hydroxyl groups is 2. The Hall–Kier alpha value is -1.85. The fourth-order valence-electron chi connectivity index (χ4n) is 2.42. The van der Waals surface area contributed by atoms with Gasteiger partial charge in [-0.25, -0.2) is 0 Å². The molecule has 0 unspecified atom stereocenters. The lowest BCUT2D eigenvalue weighted by Gasteiger charge is -2.23. The molecule has 0 saturated heterocycles. The molecule has 0 aliphatic heterocycles. The van der Waals surface area contributed by atoms with E-state index in [9.17, 15) is 9.90 Å². The Labute approximate surface area is 124 Å². The van der Waals surface area contributed by atoms with Crippen LogP contribution in [0, 0.1) is 6.92 Å². The van der Waals surface area contributed by atoms with Gasteiger partial charge >= 0.3 is 0 Å². The predicted molar refractivity (Wildman–Crippen MR) is 82.3 cm³/mol. The van der Waals surface area contributed by atoms with Crippen LogP contribution in [0.3, 0.4) is 0 Å². The van der Waals surface area contributed by atoms with Crippen molar-refractivity contribution < 1.29 is 15.0 Å². The Balaban J connectivity index is 2.07. The molecule has 0 bridgehead atoms. The molecule has 1 atom stereocenters. The molecule has 0 radical (unpaired) electrons. The first kappa shape index (κ1) is 15.5. The molecule has 0 aliphatic carbocycles. The van der Waals surface area contributed by atoms with E-state index in [1.54, 1.807) is 6.92 Å². The third-order valence-electron chi connectivity index (χ3n) is 3.70. The highest BCUT2D eigenvalue weighted by Gasteiger charge is 2.22. The zero-order valence-corrected chi connectivity index (χ0v) is 12.4. The van der Waals surface area contributed by atoms with Gasteiger partial charge in [0, 0.05) is 24.1 Å². The Kier molecular flexibility index (Phi) is 4.65. The van der Waals surface area contributed by atoms with Gasteiger partial charge < -0.3 is 20.5 Å². The maximum Gasteiger partial charge on any atom is 0.268 e. The number of hydrogen-bond donors (Lipinski definition) is 4. The molecule has 1 heterocycles. The number of carbonyl (C=O) groups is 1. The first-order chi connectivity index (χ1) is 9.94. The second-order valence-electron chi connectivity index (χ2n) is 5.68. The second kappa shape index (κ2) is 6.28. The lowest BCUT2D eigenvalue weighted by Crippen LogP contribution is -2.41. The van der Waals surface area contributed by atoms with Crippen LogP contribution in [-0.4, -0.2) is 39.9 Å². The van der Waals surface area contributed by atoms with Crippen LogP contribution in [-0.2, 0) is 0 Å². The predicted octanol–water partition coefficient (Wildman–Crippen LogP) is 1.73. The van der Waals surface area contributed by atoms with Gasteiger partial charge in [-0.05, 0) is 38.3 Å². The van der Waals surface area contributed by atoms with E-state index < -0.39 is 5.60 Å². The van der Waals surface area contributed by atoms with Crippen molar-refractivity contribution in [3.8, 4) is 0 Å². The van der Waals surface area contributed by atoms with E-state index in [4.69, 9.17) is 5.11 Å². The molecule has 5 nitrogen and oxygen atoms in total. The van der Waals surface area contributed by atoms with Crippen molar-refractivity contribution in [2.75, 3.05) is 13.2 Å². The van der Waals surface area contributed by atoms with Crippen molar-refractivity contribution in [2.24, 2.45) is 0 Å². The van der Waals surface area contributed by atoms with E-state index in [-0.39, 0.29) is 19.1 Å². The number of aromatic nitrogens is 1. The molecular weight excluding hydrogens is 268 g/mol. The molecule has 21 heavy (non-hydrogen) atoms. The number of aromatic amines is 1. The average molecular weight is 290 g/mol. The van der Waals surface area contributed by atoms with Crippen molar-refractivity contribution in [2.45, 2.75) is 32.3 Å². The minimum Gasteiger partial charge on any atom is -0.396 e. The average Bonchev–Trinajstić information content (AvgIpc) is 2.81. The highest BCUT2D eigenvalue weighted by molar-refractivity contribution is 6.00. The van der Waals surface area contributed by atoms with Crippen molar-refractivity contribution in [3.05, 3.63) is 35.5 Å². The minimum absolute atomic E-state index is 0.0330. The van der Waals surface area contributed by atoms with Crippen LogP contribution >= 0.6 is 0 Å². The molecule has 2 rings (SSSR count). The first-order valence-corrected chi connectivity index (χ1v) is 7.13. The Morgan fingerprint density at radius 1 is 1.38 bits per heavy atom. The van der Waals surface area contributed by atoms with Crippen LogP contribution in [0.1, 0.15) is 35.8 Å². The topological polar surface area (TPSA) is 85.3 Å². The summed E-state index contributed by atoms with van der Waals surface area (Å²) < 4.78 is 0. The number of aryl methyl sites for hydroxylation is 1. The van der Waals surface area contributed by atoms with Crippen LogP contribution in [0.15, 0.2) is 24.3 Å². The first-order valence-electron chi connectivity index (χ1n) is 7.13. The number of rotatable bonds is 6. The number of aliphatic hydroxyl groups excluding tert-OH is 1. The van der Waals surface area contributed by atoms with Gasteiger partial charge in [0.05, 0.1) is 5.60 Å². The maximum absolute atomic E-state index is 12.3. The van der Waals surface area contributed by atoms with Crippen molar-refractivity contribution in [1.29, 1.82) is 0 Å². The normalized spacial score (nSPS) is 14.1. The number of fused-ring (bicyclic) bond motifs is 1. The molecule has 1 aromatic carbocycles. The summed E-state index contributed by atoms with van der Waals surface area (Å²) in [6.45, 7) is 3.74. The van der Waals surface area contributed by atoms with Gasteiger partial charge in [0.1, 0.15) is 5.69 Å². The smallest absolute Gasteiger partial charge is 0.268 e. The molecule has 114 valence electrons. The Morgan fingerprint density at radius 3 is 2.76 bits per heavy atom. The zero-order chi connectivity index (χ0) is 15.5. The molecule has 0 fully saturated rings. The third kappa shape index (κ3) is 3.62. The molecular formula is C16H22N2O3. The number of benzene rings is 1. The van der Waals surface area contributed by atoms with Crippen LogP contribution in [0.4, 0.5) is 0 Å². The molecule has 1 amide bonds. The van der Waals surface area contributed by atoms with Crippen LogP contribution in [0.5, 0.6) is 0 Å². The van der Waals surface area contributed by atoms with E-state index in [1.807, 2.05) is 31.2 Å². The van der Waals surface area contributed by atoms with Gasteiger partial charge in [0.15, 0.2) is 0 Å². The summed E-state index contributed by atoms with van der Waals surface area (Å²) in [4.78, 5) is 15.4. The fraction of sp³-hybridized carbons (Fsp3) is 0.438. The van der Waals surface area contributed by atoms with Gasteiger partial charge in [-0.15, -0.1) is 0 Å². The maximum atomic E-state index is 12.3. The van der Waals surface area contributed by atoms with Crippen LogP contribution in [0.2, 0.25) is 0 Å². The summed E-state index contributed by atoms with van der Waals surface area (Å²) in [6, 6.07) is 7.75. The number of hydrogen-bond acceptors (Lipinski definition) is 3. The van der Waals surface area contributed by atoms with E-state index in [0.717, 1.165) is 16.5 Å². The Morgan fingerprint density at radius 2 is 2.10 bits per heavy atom. The number of H-pyrrole nitrogens is 1. The quantitative estimate of drug-likeness (QED) is 0.653. The lowest BCUT2D eigenvalue weighted by molar-refractivity contribution is 0.0414. The second-order valence-corrected chi connectivity index (χ2v) is 5.68. The van der Waals surface area contributed by atoms with Crippen molar-refractivity contribution in [3.63, 3.8) is 0 Å². The third-order valence-corrected chi connectivity index (χ3v) is 3.70. The van der Waals surface area contributed by atoms with E-state index in [0.29, 0.717) is 18.5 Å². The summed E-state index contributed by atoms with van der Waals surface area (Å²) in [5, 5.41) is 22.7. The van der Waals surface area contributed by atoms with Gasteiger partial charge in [-0.1, -0.05) is 18.2 Å². The zero-order valence-electron chi connectivity index (χ0n) is 12.4. The Bertz CT molecular complexity index is 631. The van der Waals surface area contributed by atoms with Crippen molar-refractivity contribution in [1.82, 2.24) is 10.3 Å². The van der Waals surface area contributed by atoms with Gasteiger partial charge in [0.2, 0.25) is 0 Å². The largest absolute Gasteiger partial charge is 0.396 e. The van der Waals surface area contributed by atoms with E-state index >= 15 is 0 Å². The molecule has 0 saturated carbocycles. The van der Waals surface area contributed by atoms with Gasteiger partial charge in [-0.2, -0.15) is 0 Å². The molecule has 1 aromatic heterocycles. The summed E-state index contributed by atoms with van der Waals surface area (Å²) >= 11 is 0. The highest BCUT2D eigenvalue weighted by atomic mass is 16.3. The standard InChI is InChI=1S/C16H22N2O3/c1-11-12-6-3-4-7-13(12)18-14(11)15(20)17-10-16(2,21)8-5-9-19/h3-4,6-7,18-19,21H,5,8-10H2,1-2H3,(H,17,20)/t16-/m0/s1. The summed E-state index contributed by atoms with van der Waals surface area (Å²) in [5.74, 6) is -0.229. The summed E-state index contributed by atoms with van der Waals surface area (Å²) in [6.07, 6.45) is 0.948. The molecule has 4 N–H and O–H groups in total. The number of carbonyl (C=O) groups excluding carboxylic acids is 1. The molecule has 2 aromatic rings. The van der Waals surface area contributed by atoms with Crippen LogP contribution < -0.4 is 5.32 Å². The summed E-state index contributed by atoms with van der Waals surface area (Å²) in [7, 11) is 0. The SMILES string of the molecule is Cc1c(C(=O)NC[C@@](C)(O)CCCO)[nH]c2ccccc12. The number of para-hydroxylation sites is 1. The molecule has 0 aliphatic rings. The highest BCUT2D eigenvalue weighted by Crippen LogP contribution is 2.21. The number of amides is 1. The van der Waals surface area contributed by atoms with Crippen LogP contribution in [0.25, 0.3) is 10.9 Å². The number of nitrogens with one attached hydrogen (secondary N) is 2. The summed E-state index contributed by atoms with van der Waals surface area (Å²) in [5.41, 5.74) is 1.33. The van der Waals surface area contributed by atoms with E-state index in [2.05, 4.69) is 10.3 Å². The molecule has 5 heteroatoms.